The minimum atomic E-state index is -4.77. The molecule has 0 radical (unpaired) electrons. The molecule has 0 unspecified atom stereocenters. The second-order valence-corrected chi connectivity index (χ2v) is 10.2. The number of rotatable bonds is 9. The number of anilines is 1. The number of likely N-dealkylation sites (tertiary alicyclic amines) is 1. The number of piperidine rings is 1. The van der Waals surface area contributed by atoms with Crippen LogP contribution in [0.5, 0.6) is 5.75 Å². The Labute approximate surface area is 228 Å². The second-order valence-electron chi connectivity index (χ2n) is 9.35. The molecule has 11 heteroatoms. The Morgan fingerprint density at radius 1 is 1.05 bits per heavy atom. The van der Waals surface area contributed by atoms with Gasteiger partial charge in [-0.15, -0.1) is 24.5 Å². The Balaban J connectivity index is 1.36. The van der Waals surface area contributed by atoms with E-state index in [2.05, 4.69) is 15.0 Å². The van der Waals surface area contributed by atoms with E-state index in [1.54, 1.807) is 29.6 Å². The molecule has 2 heterocycles. The fourth-order valence-electron chi connectivity index (χ4n) is 4.47. The Morgan fingerprint density at radius 2 is 1.74 bits per heavy atom. The number of alkyl halides is 3. The van der Waals surface area contributed by atoms with Crippen LogP contribution in [0.3, 0.4) is 0 Å². The highest BCUT2D eigenvalue weighted by Gasteiger charge is 2.31. The van der Waals surface area contributed by atoms with Crippen LogP contribution in [0.15, 0.2) is 53.9 Å². The number of hydrogen-bond donors (Lipinski definition) is 1. The zero-order valence-corrected chi connectivity index (χ0v) is 22.1. The smallest absolute Gasteiger partial charge is 0.406 e. The lowest BCUT2D eigenvalue weighted by molar-refractivity contribution is -0.274. The van der Waals surface area contributed by atoms with E-state index in [1.165, 1.54) is 42.5 Å². The van der Waals surface area contributed by atoms with Crippen molar-refractivity contribution >= 4 is 34.6 Å². The van der Waals surface area contributed by atoms with Gasteiger partial charge in [-0.1, -0.05) is 30.3 Å². The lowest BCUT2D eigenvalue weighted by Crippen LogP contribution is -2.37. The van der Waals surface area contributed by atoms with E-state index in [9.17, 15) is 27.6 Å². The van der Waals surface area contributed by atoms with Crippen LogP contribution in [0.2, 0.25) is 0 Å². The second kappa shape index (κ2) is 12.4. The molecule has 0 aliphatic carbocycles. The number of nitrogens with zero attached hydrogens (tertiary/aromatic N) is 2. The highest BCUT2D eigenvalue weighted by molar-refractivity contribution is 7.10. The fourth-order valence-corrected chi connectivity index (χ4v) is 5.44. The highest BCUT2D eigenvalue weighted by Crippen LogP contribution is 2.33. The Bertz CT molecular complexity index is 1320. The SMILES string of the molecule is CC(=O)CCCC(=O)N1CCC(c2nc(C(=O)Nc3ccccc3-c3ccc(OC(F)(F)F)cc3)cs2)CC1. The number of hydrogen-bond acceptors (Lipinski definition) is 6. The van der Waals surface area contributed by atoms with Gasteiger partial charge < -0.3 is 19.7 Å². The van der Waals surface area contributed by atoms with Gasteiger partial charge in [0.05, 0.1) is 5.01 Å². The summed E-state index contributed by atoms with van der Waals surface area (Å²) in [6.07, 6.45) is -1.91. The number of para-hydroxylation sites is 1. The number of Topliss-reactive ketones (excluding diaryl/α,β-unsaturated/α-hetero) is 1. The van der Waals surface area contributed by atoms with Gasteiger partial charge in [-0.3, -0.25) is 9.59 Å². The van der Waals surface area contributed by atoms with Crippen LogP contribution >= 0.6 is 11.3 Å². The molecule has 0 spiro atoms. The molecule has 206 valence electrons. The van der Waals surface area contributed by atoms with Crippen molar-refractivity contribution in [3.63, 3.8) is 0 Å². The maximum Gasteiger partial charge on any atom is 0.573 e. The van der Waals surface area contributed by atoms with E-state index in [1.807, 2.05) is 4.90 Å². The first-order valence-electron chi connectivity index (χ1n) is 12.6. The Morgan fingerprint density at radius 3 is 2.41 bits per heavy atom. The van der Waals surface area contributed by atoms with Crippen LogP contribution in [0.25, 0.3) is 11.1 Å². The Hall–Kier alpha value is -3.73. The third-order valence-corrected chi connectivity index (χ3v) is 7.45. The van der Waals surface area contributed by atoms with Crippen molar-refractivity contribution in [2.24, 2.45) is 0 Å². The third kappa shape index (κ3) is 7.89. The largest absolute Gasteiger partial charge is 0.573 e. The number of halogens is 3. The molecule has 1 aromatic heterocycles. The molecule has 1 fully saturated rings. The quantitative estimate of drug-likeness (QED) is 0.327. The molecule has 39 heavy (non-hydrogen) atoms. The molecular weight excluding hydrogens is 531 g/mol. The first kappa shape index (κ1) is 28.3. The van der Waals surface area contributed by atoms with E-state index < -0.39 is 6.36 Å². The molecular formula is C28H28F3N3O4S. The topological polar surface area (TPSA) is 88.6 Å². The molecule has 0 saturated carbocycles. The summed E-state index contributed by atoms with van der Waals surface area (Å²) < 4.78 is 41.3. The molecule has 4 rings (SSSR count). The first-order chi connectivity index (χ1) is 18.6. The van der Waals surface area contributed by atoms with Gasteiger partial charge in [0.1, 0.15) is 17.2 Å². The summed E-state index contributed by atoms with van der Waals surface area (Å²) in [7, 11) is 0. The summed E-state index contributed by atoms with van der Waals surface area (Å²) in [6.45, 7) is 2.76. The van der Waals surface area contributed by atoms with Gasteiger partial charge in [0.15, 0.2) is 0 Å². The van der Waals surface area contributed by atoms with Gasteiger partial charge in [-0.25, -0.2) is 4.98 Å². The maximum absolute atomic E-state index is 13.0. The number of ketones is 1. The normalized spacial score (nSPS) is 14.2. The van der Waals surface area contributed by atoms with Gasteiger partial charge in [-0.05, 0) is 49.9 Å². The summed E-state index contributed by atoms with van der Waals surface area (Å²) in [5.74, 6) is -0.411. The average Bonchev–Trinajstić information content (AvgIpc) is 3.39. The first-order valence-corrected chi connectivity index (χ1v) is 13.5. The number of thiazole rings is 1. The van der Waals surface area contributed by atoms with Crippen LogP contribution in [0.4, 0.5) is 18.9 Å². The summed E-state index contributed by atoms with van der Waals surface area (Å²) in [4.78, 5) is 42.9. The van der Waals surface area contributed by atoms with Gasteiger partial charge >= 0.3 is 6.36 Å². The van der Waals surface area contributed by atoms with Crippen molar-refractivity contribution < 1.29 is 32.3 Å². The molecule has 1 aliphatic rings. The monoisotopic (exact) mass is 559 g/mol. The van der Waals surface area contributed by atoms with Gasteiger partial charge in [0.25, 0.3) is 5.91 Å². The van der Waals surface area contributed by atoms with Crippen molar-refractivity contribution in [3.05, 3.63) is 64.6 Å². The van der Waals surface area contributed by atoms with Crippen LogP contribution in [-0.2, 0) is 9.59 Å². The standard InChI is InChI=1S/C28H28F3N3O4S/c1-18(35)5-4-8-25(36)34-15-13-20(14-16-34)27-33-24(17-39-27)26(37)32-23-7-3-2-6-22(23)19-9-11-21(12-10-19)38-28(29,30)31/h2-3,6-7,9-12,17,20H,4-5,8,13-16H2,1H3,(H,32,37). The number of aromatic nitrogens is 1. The number of carbonyl (C=O) groups excluding carboxylic acids is 3. The zero-order valence-electron chi connectivity index (χ0n) is 21.3. The number of nitrogens with one attached hydrogen (secondary N) is 1. The summed E-state index contributed by atoms with van der Waals surface area (Å²) in [6, 6.07) is 12.4. The van der Waals surface area contributed by atoms with Crippen molar-refractivity contribution in [3.8, 4) is 16.9 Å². The van der Waals surface area contributed by atoms with Crippen LogP contribution < -0.4 is 10.1 Å². The van der Waals surface area contributed by atoms with E-state index >= 15 is 0 Å². The number of ether oxygens (including phenoxy) is 1. The predicted octanol–water partition coefficient (Wildman–Crippen LogP) is 6.43. The minimum Gasteiger partial charge on any atom is -0.406 e. The van der Waals surface area contributed by atoms with Gasteiger partial charge in [0.2, 0.25) is 5.91 Å². The third-order valence-electron chi connectivity index (χ3n) is 6.45. The van der Waals surface area contributed by atoms with Crippen LogP contribution in [0, 0.1) is 0 Å². The molecule has 3 aromatic rings. The maximum atomic E-state index is 13.0. The number of amides is 2. The van der Waals surface area contributed by atoms with Crippen molar-refractivity contribution in [2.45, 2.75) is 51.3 Å². The molecule has 1 saturated heterocycles. The number of benzene rings is 2. The van der Waals surface area contributed by atoms with Gasteiger partial charge in [0, 0.05) is 48.5 Å². The summed E-state index contributed by atoms with van der Waals surface area (Å²) in [5, 5.41) is 5.41. The van der Waals surface area contributed by atoms with Gasteiger partial charge in [-0.2, -0.15) is 0 Å². The predicted molar refractivity (Wildman–Crippen MR) is 142 cm³/mol. The highest BCUT2D eigenvalue weighted by atomic mass is 32.1. The molecule has 1 aliphatic heterocycles. The average molecular weight is 560 g/mol. The zero-order chi connectivity index (χ0) is 28.0. The van der Waals surface area contributed by atoms with Crippen molar-refractivity contribution in [1.82, 2.24) is 9.88 Å². The summed E-state index contributed by atoms with van der Waals surface area (Å²) in [5.41, 5.74) is 2.03. The fraction of sp³-hybridized carbons (Fsp3) is 0.357. The Kier molecular flexibility index (Phi) is 9.01. The molecule has 1 N–H and O–H groups in total. The van der Waals surface area contributed by atoms with Crippen LogP contribution in [-0.4, -0.2) is 46.9 Å². The number of carbonyl (C=O) groups is 3. The van der Waals surface area contributed by atoms with E-state index in [-0.39, 0.29) is 35.0 Å². The lowest BCUT2D eigenvalue weighted by Gasteiger charge is -2.31. The minimum absolute atomic E-state index is 0.0649. The van der Waals surface area contributed by atoms with E-state index in [4.69, 9.17) is 0 Å². The molecule has 2 amide bonds. The molecule has 0 atom stereocenters. The van der Waals surface area contributed by atoms with E-state index in [0.717, 1.165) is 17.8 Å². The van der Waals surface area contributed by atoms with Crippen molar-refractivity contribution in [1.29, 1.82) is 0 Å². The molecule has 7 nitrogen and oxygen atoms in total. The summed E-state index contributed by atoms with van der Waals surface area (Å²) >= 11 is 1.41. The molecule has 0 bridgehead atoms. The van der Waals surface area contributed by atoms with E-state index in [0.29, 0.717) is 49.2 Å². The lowest BCUT2D eigenvalue weighted by atomic mass is 9.97. The van der Waals surface area contributed by atoms with Crippen LogP contribution in [0.1, 0.15) is 60.4 Å². The molecule has 2 aromatic carbocycles. The van der Waals surface area contributed by atoms with Crippen molar-refractivity contribution in [2.75, 3.05) is 18.4 Å².